The van der Waals surface area contributed by atoms with Gasteiger partial charge >= 0.3 is 5.97 Å². The predicted octanol–water partition coefficient (Wildman–Crippen LogP) is 2.74. The van der Waals surface area contributed by atoms with Crippen LogP contribution in [-0.4, -0.2) is 40.7 Å². The first-order chi connectivity index (χ1) is 9.49. The minimum atomic E-state index is -0.963. The molecule has 0 radical (unpaired) electrons. The third-order valence-corrected chi connectivity index (χ3v) is 3.61. The predicted molar refractivity (Wildman–Crippen MR) is 80.8 cm³/mol. The van der Waals surface area contributed by atoms with Gasteiger partial charge in [-0.1, -0.05) is 32.0 Å². The number of nitrogens with zero attached hydrogens (tertiary/aromatic N) is 1. The van der Waals surface area contributed by atoms with Crippen molar-refractivity contribution in [1.29, 1.82) is 0 Å². The molecule has 4 nitrogen and oxygen atoms in total. The molecule has 0 aliphatic carbocycles. The third kappa shape index (κ3) is 6.61. The van der Waals surface area contributed by atoms with Crippen LogP contribution in [0.1, 0.15) is 20.3 Å². The first-order valence-electron chi connectivity index (χ1n) is 6.66. The molecule has 20 heavy (non-hydrogen) atoms. The normalized spacial score (nSPS) is 10.6. The highest BCUT2D eigenvalue weighted by Gasteiger charge is 2.17. The van der Waals surface area contributed by atoms with Gasteiger partial charge in [0.1, 0.15) is 6.54 Å². The van der Waals surface area contributed by atoms with E-state index in [9.17, 15) is 9.59 Å². The highest BCUT2D eigenvalue weighted by Crippen LogP contribution is 2.18. The zero-order valence-corrected chi connectivity index (χ0v) is 12.7. The first kappa shape index (κ1) is 16.6. The van der Waals surface area contributed by atoms with Gasteiger partial charge in [-0.25, -0.2) is 0 Å². The van der Waals surface area contributed by atoms with Crippen molar-refractivity contribution in [3.8, 4) is 0 Å². The van der Waals surface area contributed by atoms with Crippen LogP contribution in [0.3, 0.4) is 0 Å². The number of carbonyl (C=O) groups is 2. The van der Waals surface area contributed by atoms with Crippen LogP contribution in [0.15, 0.2) is 35.2 Å². The Morgan fingerprint density at radius 3 is 2.45 bits per heavy atom. The number of hydrogen-bond acceptors (Lipinski definition) is 3. The number of carboxylic acid groups (broad SMARTS) is 1. The fourth-order valence-corrected chi connectivity index (χ4v) is 2.65. The molecular formula is C15H21NO3S. The molecule has 0 heterocycles. The minimum Gasteiger partial charge on any atom is -0.480 e. The van der Waals surface area contributed by atoms with E-state index >= 15 is 0 Å². The molecule has 0 saturated heterocycles. The highest BCUT2D eigenvalue weighted by molar-refractivity contribution is 7.99. The lowest BCUT2D eigenvalue weighted by Gasteiger charge is -2.22. The Balaban J connectivity index is 2.43. The van der Waals surface area contributed by atoms with Crippen LogP contribution in [-0.2, 0) is 9.59 Å². The smallest absolute Gasteiger partial charge is 0.323 e. The van der Waals surface area contributed by atoms with Gasteiger partial charge in [0.15, 0.2) is 0 Å². The fraction of sp³-hybridized carbons (Fsp3) is 0.467. The maximum atomic E-state index is 12.1. The van der Waals surface area contributed by atoms with Gasteiger partial charge in [0.05, 0.1) is 0 Å². The van der Waals surface area contributed by atoms with Crippen molar-refractivity contribution < 1.29 is 14.7 Å². The zero-order valence-electron chi connectivity index (χ0n) is 11.9. The SMILES string of the molecule is CC(C)CN(CC(=O)O)C(=O)CCSc1ccccc1. The van der Waals surface area contributed by atoms with E-state index < -0.39 is 5.97 Å². The lowest BCUT2D eigenvalue weighted by molar-refractivity contribution is -0.144. The Labute approximate surface area is 124 Å². The Morgan fingerprint density at radius 2 is 1.90 bits per heavy atom. The van der Waals surface area contributed by atoms with Crippen LogP contribution in [0.25, 0.3) is 0 Å². The standard InChI is InChI=1S/C15H21NO3S/c1-12(2)10-16(11-15(18)19)14(17)8-9-20-13-6-4-3-5-7-13/h3-7,12H,8-11H2,1-2H3,(H,18,19). The van der Waals surface area contributed by atoms with E-state index in [4.69, 9.17) is 5.11 Å². The number of benzene rings is 1. The van der Waals surface area contributed by atoms with Gasteiger partial charge in [-0.2, -0.15) is 0 Å². The summed E-state index contributed by atoms with van der Waals surface area (Å²) >= 11 is 1.61. The summed E-state index contributed by atoms with van der Waals surface area (Å²) in [5, 5.41) is 8.85. The van der Waals surface area contributed by atoms with Crippen molar-refractivity contribution in [2.75, 3.05) is 18.8 Å². The molecule has 0 unspecified atom stereocenters. The number of carbonyl (C=O) groups excluding carboxylic acids is 1. The summed E-state index contributed by atoms with van der Waals surface area (Å²) in [6.45, 7) is 4.22. The summed E-state index contributed by atoms with van der Waals surface area (Å²) in [5.41, 5.74) is 0. The largest absolute Gasteiger partial charge is 0.480 e. The molecule has 1 aromatic carbocycles. The van der Waals surface area contributed by atoms with Crippen molar-refractivity contribution in [2.45, 2.75) is 25.2 Å². The minimum absolute atomic E-state index is 0.0930. The molecule has 0 fully saturated rings. The second kappa shape index (κ2) is 8.64. The lowest BCUT2D eigenvalue weighted by atomic mass is 10.2. The van der Waals surface area contributed by atoms with Crippen LogP contribution in [0, 0.1) is 5.92 Å². The molecule has 1 aromatic rings. The van der Waals surface area contributed by atoms with Crippen LogP contribution >= 0.6 is 11.8 Å². The summed E-state index contributed by atoms with van der Waals surface area (Å²) < 4.78 is 0. The molecule has 1 N–H and O–H groups in total. The molecule has 0 atom stereocenters. The number of aliphatic carboxylic acids is 1. The van der Waals surface area contributed by atoms with Gasteiger partial charge in [0.25, 0.3) is 0 Å². The van der Waals surface area contributed by atoms with E-state index in [1.54, 1.807) is 11.8 Å². The van der Waals surface area contributed by atoms with E-state index in [-0.39, 0.29) is 18.4 Å². The Kier molecular flexibility index (Phi) is 7.15. The third-order valence-electron chi connectivity index (χ3n) is 2.59. The Hall–Kier alpha value is -1.49. The number of thioether (sulfide) groups is 1. The van der Waals surface area contributed by atoms with E-state index in [1.807, 2.05) is 44.2 Å². The summed E-state index contributed by atoms with van der Waals surface area (Å²) in [4.78, 5) is 25.4. The first-order valence-corrected chi connectivity index (χ1v) is 7.65. The highest BCUT2D eigenvalue weighted by atomic mass is 32.2. The van der Waals surface area contributed by atoms with Gasteiger partial charge in [-0.3, -0.25) is 9.59 Å². The number of carboxylic acids is 1. The van der Waals surface area contributed by atoms with Crippen molar-refractivity contribution in [3.05, 3.63) is 30.3 Å². The van der Waals surface area contributed by atoms with Crippen molar-refractivity contribution >= 4 is 23.6 Å². The molecule has 110 valence electrons. The number of amides is 1. The fourth-order valence-electron chi connectivity index (χ4n) is 1.79. The summed E-state index contributed by atoms with van der Waals surface area (Å²) in [5.74, 6) is -0.129. The van der Waals surface area contributed by atoms with Crippen molar-refractivity contribution in [2.24, 2.45) is 5.92 Å². The Morgan fingerprint density at radius 1 is 1.25 bits per heavy atom. The van der Waals surface area contributed by atoms with Crippen molar-refractivity contribution in [1.82, 2.24) is 4.90 Å². The summed E-state index contributed by atoms with van der Waals surface area (Å²) in [7, 11) is 0. The molecule has 0 bridgehead atoms. The van der Waals surface area contributed by atoms with Gasteiger partial charge in [0.2, 0.25) is 5.91 Å². The van der Waals surface area contributed by atoms with E-state index in [2.05, 4.69) is 0 Å². The summed E-state index contributed by atoms with van der Waals surface area (Å²) in [6, 6.07) is 9.86. The monoisotopic (exact) mass is 295 g/mol. The van der Waals surface area contributed by atoms with Gasteiger partial charge < -0.3 is 10.0 Å². The van der Waals surface area contributed by atoms with Crippen LogP contribution in [0.2, 0.25) is 0 Å². The molecule has 1 amide bonds. The molecule has 1 rings (SSSR count). The average molecular weight is 295 g/mol. The van der Waals surface area contributed by atoms with Crippen molar-refractivity contribution in [3.63, 3.8) is 0 Å². The van der Waals surface area contributed by atoms with Crippen LogP contribution in [0.4, 0.5) is 0 Å². The molecular weight excluding hydrogens is 274 g/mol. The van der Waals surface area contributed by atoms with Gasteiger partial charge in [-0.05, 0) is 18.1 Å². The zero-order chi connectivity index (χ0) is 15.0. The molecule has 0 aromatic heterocycles. The number of rotatable bonds is 8. The second-order valence-corrected chi connectivity index (χ2v) is 6.14. The van der Waals surface area contributed by atoms with E-state index in [0.717, 1.165) is 4.90 Å². The summed E-state index contributed by atoms with van der Waals surface area (Å²) in [6.07, 6.45) is 0.361. The van der Waals surface area contributed by atoms with E-state index in [0.29, 0.717) is 18.7 Å². The molecule has 0 spiro atoms. The van der Waals surface area contributed by atoms with E-state index in [1.165, 1.54) is 4.90 Å². The Bertz CT molecular complexity index is 434. The molecule has 0 aliphatic heterocycles. The van der Waals surface area contributed by atoms with Crippen LogP contribution < -0.4 is 0 Å². The molecule has 0 aliphatic rings. The van der Waals surface area contributed by atoms with Gasteiger partial charge in [0, 0.05) is 23.6 Å². The maximum absolute atomic E-state index is 12.1. The lowest BCUT2D eigenvalue weighted by Crippen LogP contribution is -2.38. The topological polar surface area (TPSA) is 57.6 Å². The quantitative estimate of drug-likeness (QED) is 0.749. The second-order valence-electron chi connectivity index (χ2n) is 4.97. The average Bonchev–Trinajstić information content (AvgIpc) is 2.38. The van der Waals surface area contributed by atoms with Gasteiger partial charge in [-0.15, -0.1) is 11.8 Å². The maximum Gasteiger partial charge on any atom is 0.323 e. The molecule has 0 saturated carbocycles. The number of hydrogen-bond donors (Lipinski definition) is 1. The van der Waals surface area contributed by atoms with Crippen LogP contribution in [0.5, 0.6) is 0 Å². The molecule has 5 heteroatoms.